The quantitative estimate of drug-likeness (QED) is 0.549. The van der Waals surface area contributed by atoms with Gasteiger partial charge in [-0.15, -0.1) is 0 Å². The SMILES string of the molecule is C=C/C=C\C(=C/C)CN1CCC(CC)(CCC(C)C)C1. The lowest BCUT2D eigenvalue weighted by Crippen LogP contribution is -2.28. The van der Waals surface area contributed by atoms with E-state index in [1.807, 2.05) is 12.2 Å². The molecule has 0 saturated carbocycles. The Kier molecular flexibility index (Phi) is 7.29. The van der Waals surface area contributed by atoms with Crippen molar-refractivity contribution < 1.29 is 0 Å². The molecule has 1 heteroatoms. The summed E-state index contributed by atoms with van der Waals surface area (Å²) in [7, 11) is 0. The summed E-state index contributed by atoms with van der Waals surface area (Å²) in [5.74, 6) is 0.828. The van der Waals surface area contributed by atoms with Gasteiger partial charge in [-0.05, 0) is 49.6 Å². The van der Waals surface area contributed by atoms with Crippen molar-refractivity contribution in [3.8, 4) is 0 Å². The van der Waals surface area contributed by atoms with Gasteiger partial charge in [-0.3, -0.25) is 4.90 Å². The Morgan fingerprint density at radius 1 is 1.40 bits per heavy atom. The Labute approximate surface area is 126 Å². The first kappa shape index (κ1) is 17.2. The molecule has 0 bridgehead atoms. The Hall–Kier alpha value is -0.820. The number of hydrogen-bond donors (Lipinski definition) is 0. The van der Waals surface area contributed by atoms with Gasteiger partial charge < -0.3 is 0 Å². The summed E-state index contributed by atoms with van der Waals surface area (Å²) >= 11 is 0. The van der Waals surface area contributed by atoms with Gasteiger partial charge in [-0.1, -0.05) is 58.1 Å². The Bertz CT molecular complexity index is 351. The number of nitrogens with zero attached hydrogens (tertiary/aromatic N) is 1. The second kappa shape index (κ2) is 8.46. The van der Waals surface area contributed by atoms with Gasteiger partial charge in [0.05, 0.1) is 0 Å². The predicted molar refractivity (Wildman–Crippen MR) is 90.9 cm³/mol. The number of hydrogen-bond acceptors (Lipinski definition) is 1. The maximum atomic E-state index is 3.75. The molecule has 114 valence electrons. The van der Waals surface area contributed by atoms with Crippen LogP contribution in [0.1, 0.15) is 53.4 Å². The number of rotatable bonds is 8. The second-order valence-electron chi connectivity index (χ2n) is 6.71. The monoisotopic (exact) mass is 275 g/mol. The summed E-state index contributed by atoms with van der Waals surface area (Å²) in [5.41, 5.74) is 1.98. The van der Waals surface area contributed by atoms with Crippen LogP contribution in [0.5, 0.6) is 0 Å². The minimum Gasteiger partial charge on any atom is -0.299 e. The molecular weight excluding hydrogens is 242 g/mol. The van der Waals surface area contributed by atoms with Crippen LogP contribution in [0.25, 0.3) is 0 Å². The molecule has 1 heterocycles. The van der Waals surface area contributed by atoms with Crippen molar-refractivity contribution in [3.63, 3.8) is 0 Å². The lowest BCUT2D eigenvalue weighted by molar-refractivity contribution is 0.226. The third-order valence-electron chi connectivity index (χ3n) is 4.74. The Balaban J connectivity index is 2.55. The first-order valence-corrected chi connectivity index (χ1v) is 8.22. The van der Waals surface area contributed by atoms with Gasteiger partial charge in [0, 0.05) is 13.1 Å². The summed E-state index contributed by atoms with van der Waals surface area (Å²) in [6.07, 6.45) is 13.8. The summed E-state index contributed by atoms with van der Waals surface area (Å²) < 4.78 is 0. The molecule has 1 saturated heterocycles. The van der Waals surface area contributed by atoms with Crippen LogP contribution in [0, 0.1) is 11.3 Å². The van der Waals surface area contributed by atoms with Crippen LogP contribution in [-0.2, 0) is 0 Å². The average Bonchev–Trinajstić information content (AvgIpc) is 2.85. The predicted octanol–water partition coefficient (Wildman–Crippen LogP) is 5.21. The highest BCUT2D eigenvalue weighted by Gasteiger charge is 2.35. The molecule has 1 fully saturated rings. The highest BCUT2D eigenvalue weighted by Crippen LogP contribution is 2.39. The van der Waals surface area contributed by atoms with Crippen LogP contribution in [0.3, 0.4) is 0 Å². The highest BCUT2D eigenvalue weighted by atomic mass is 15.2. The molecule has 0 aromatic carbocycles. The van der Waals surface area contributed by atoms with Crippen LogP contribution in [0.4, 0.5) is 0 Å². The first-order valence-electron chi connectivity index (χ1n) is 8.22. The van der Waals surface area contributed by atoms with Gasteiger partial charge in [0.2, 0.25) is 0 Å². The summed E-state index contributed by atoms with van der Waals surface area (Å²) in [4.78, 5) is 2.63. The van der Waals surface area contributed by atoms with Crippen molar-refractivity contribution in [1.82, 2.24) is 4.90 Å². The Morgan fingerprint density at radius 2 is 2.15 bits per heavy atom. The van der Waals surface area contributed by atoms with Crippen LogP contribution in [0.15, 0.2) is 36.5 Å². The first-order chi connectivity index (χ1) is 9.55. The molecular formula is C19H33N. The van der Waals surface area contributed by atoms with Crippen molar-refractivity contribution in [2.75, 3.05) is 19.6 Å². The minimum absolute atomic E-state index is 0.575. The lowest BCUT2D eigenvalue weighted by Gasteiger charge is -2.29. The standard InChI is InChI=1S/C19H33N/c1-6-9-10-18(7-2)15-20-14-13-19(8-3,16-20)12-11-17(4)5/h6-7,9-10,17H,1,8,11-16H2,2-5H3/b10-9-,18-7+. The van der Waals surface area contributed by atoms with Crippen LogP contribution in [-0.4, -0.2) is 24.5 Å². The molecule has 0 aromatic heterocycles. The fourth-order valence-corrected chi connectivity index (χ4v) is 3.12. The van der Waals surface area contributed by atoms with E-state index < -0.39 is 0 Å². The lowest BCUT2D eigenvalue weighted by atomic mass is 9.78. The molecule has 0 aromatic rings. The van der Waals surface area contributed by atoms with E-state index in [0.29, 0.717) is 5.41 Å². The van der Waals surface area contributed by atoms with Crippen molar-refractivity contribution in [3.05, 3.63) is 36.5 Å². The molecule has 1 rings (SSSR count). The van der Waals surface area contributed by atoms with Crippen LogP contribution in [0.2, 0.25) is 0 Å². The molecule has 0 aliphatic carbocycles. The summed E-state index contributed by atoms with van der Waals surface area (Å²) in [6.45, 7) is 16.5. The van der Waals surface area contributed by atoms with E-state index >= 15 is 0 Å². The molecule has 0 radical (unpaired) electrons. The van der Waals surface area contributed by atoms with E-state index in [1.165, 1.54) is 44.3 Å². The number of likely N-dealkylation sites (tertiary alicyclic amines) is 1. The second-order valence-corrected chi connectivity index (χ2v) is 6.71. The number of allylic oxidation sites excluding steroid dienone is 3. The van der Waals surface area contributed by atoms with E-state index in [0.717, 1.165) is 12.5 Å². The van der Waals surface area contributed by atoms with Gasteiger partial charge in [0.25, 0.3) is 0 Å². The van der Waals surface area contributed by atoms with Crippen molar-refractivity contribution in [2.45, 2.75) is 53.4 Å². The zero-order valence-corrected chi connectivity index (χ0v) is 14.0. The van der Waals surface area contributed by atoms with Gasteiger partial charge in [0.1, 0.15) is 0 Å². The van der Waals surface area contributed by atoms with Gasteiger partial charge in [0.15, 0.2) is 0 Å². The highest BCUT2D eigenvalue weighted by molar-refractivity contribution is 5.22. The molecule has 0 amide bonds. The zero-order valence-electron chi connectivity index (χ0n) is 14.0. The molecule has 0 spiro atoms. The summed E-state index contributed by atoms with van der Waals surface area (Å²) in [6, 6.07) is 0. The van der Waals surface area contributed by atoms with Crippen molar-refractivity contribution >= 4 is 0 Å². The topological polar surface area (TPSA) is 3.24 Å². The van der Waals surface area contributed by atoms with Gasteiger partial charge in [-0.2, -0.15) is 0 Å². The molecule has 1 unspecified atom stereocenters. The Morgan fingerprint density at radius 3 is 2.70 bits per heavy atom. The molecule has 0 N–H and O–H groups in total. The van der Waals surface area contributed by atoms with Crippen LogP contribution >= 0.6 is 0 Å². The molecule has 20 heavy (non-hydrogen) atoms. The van der Waals surface area contributed by atoms with Crippen molar-refractivity contribution in [2.24, 2.45) is 11.3 Å². The van der Waals surface area contributed by atoms with E-state index in [-0.39, 0.29) is 0 Å². The normalized spacial score (nSPS) is 24.9. The van der Waals surface area contributed by atoms with E-state index in [9.17, 15) is 0 Å². The fourth-order valence-electron chi connectivity index (χ4n) is 3.12. The largest absolute Gasteiger partial charge is 0.299 e. The van der Waals surface area contributed by atoms with E-state index in [1.54, 1.807) is 0 Å². The van der Waals surface area contributed by atoms with Crippen LogP contribution < -0.4 is 0 Å². The molecule has 1 aliphatic heterocycles. The molecule has 1 aliphatic rings. The van der Waals surface area contributed by atoms with E-state index in [2.05, 4.69) is 51.3 Å². The maximum Gasteiger partial charge on any atom is 0.0230 e. The molecule has 1 nitrogen and oxygen atoms in total. The fraction of sp³-hybridized carbons (Fsp3) is 0.684. The van der Waals surface area contributed by atoms with Gasteiger partial charge in [-0.25, -0.2) is 0 Å². The average molecular weight is 275 g/mol. The van der Waals surface area contributed by atoms with Crippen molar-refractivity contribution in [1.29, 1.82) is 0 Å². The third-order valence-corrected chi connectivity index (χ3v) is 4.74. The molecule has 1 atom stereocenters. The maximum absolute atomic E-state index is 3.75. The summed E-state index contributed by atoms with van der Waals surface area (Å²) in [5, 5.41) is 0. The zero-order chi connectivity index (χ0) is 15.0. The smallest absolute Gasteiger partial charge is 0.0230 e. The van der Waals surface area contributed by atoms with E-state index in [4.69, 9.17) is 0 Å². The minimum atomic E-state index is 0.575. The third kappa shape index (κ3) is 5.28. The van der Waals surface area contributed by atoms with Gasteiger partial charge >= 0.3 is 0 Å².